The maximum Gasteiger partial charge on any atom is 0.315 e. The van der Waals surface area contributed by atoms with Gasteiger partial charge < -0.3 is 20.9 Å². The molecule has 6 nitrogen and oxygen atoms in total. The topological polar surface area (TPSA) is 73.5 Å². The number of para-hydroxylation sites is 1. The Balaban J connectivity index is 1.33. The summed E-state index contributed by atoms with van der Waals surface area (Å²) in [6.45, 7) is 2.12. The molecule has 3 amide bonds. The molecule has 4 rings (SSSR count). The summed E-state index contributed by atoms with van der Waals surface area (Å²) in [6.07, 6.45) is 0.925. The molecule has 2 atom stereocenters. The Bertz CT molecular complexity index is 1060. The Hall–Kier alpha value is -3.87. The first-order valence-electron chi connectivity index (χ1n) is 11.0. The van der Waals surface area contributed by atoms with Crippen LogP contribution < -0.4 is 20.9 Å². The van der Waals surface area contributed by atoms with Gasteiger partial charge in [0.15, 0.2) is 0 Å². The van der Waals surface area contributed by atoms with Crippen molar-refractivity contribution in [3.05, 3.63) is 96.3 Å². The minimum atomic E-state index is -0.828. The maximum atomic E-state index is 13.2. The van der Waals surface area contributed by atoms with Crippen LogP contribution in [0.3, 0.4) is 0 Å². The Morgan fingerprint density at radius 3 is 2.30 bits per heavy atom. The highest BCUT2D eigenvalue weighted by Gasteiger charge is 2.25. The van der Waals surface area contributed by atoms with Gasteiger partial charge in [0.05, 0.1) is 0 Å². The Labute approximate surface area is 192 Å². The molecule has 2 unspecified atom stereocenters. The number of urea groups is 1. The highest BCUT2D eigenvalue weighted by atomic mass is 19.1. The lowest BCUT2D eigenvalue weighted by Crippen LogP contribution is -2.44. The minimum absolute atomic E-state index is 0.253. The maximum absolute atomic E-state index is 13.2. The molecular formula is C26H27FN4O2. The first-order valence-corrected chi connectivity index (χ1v) is 11.0. The predicted octanol–water partition coefficient (Wildman–Crippen LogP) is 4.33. The molecule has 1 aliphatic rings. The average Bonchev–Trinajstić information content (AvgIpc) is 3.32. The molecule has 0 bridgehead atoms. The molecule has 170 valence electrons. The zero-order valence-corrected chi connectivity index (χ0v) is 18.2. The number of carbonyl (C=O) groups is 2. The van der Waals surface area contributed by atoms with Gasteiger partial charge in [0.1, 0.15) is 11.9 Å². The van der Waals surface area contributed by atoms with E-state index in [0.717, 1.165) is 25.2 Å². The number of benzene rings is 3. The minimum Gasteiger partial charge on any atom is -0.371 e. The fourth-order valence-corrected chi connectivity index (χ4v) is 3.99. The van der Waals surface area contributed by atoms with Gasteiger partial charge >= 0.3 is 6.03 Å². The second kappa shape index (κ2) is 10.6. The first-order chi connectivity index (χ1) is 16.1. The zero-order chi connectivity index (χ0) is 23.0. The molecule has 3 N–H and O–H groups in total. The molecule has 33 heavy (non-hydrogen) atoms. The number of nitrogens with one attached hydrogen (secondary N) is 3. The molecule has 0 aromatic heterocycles. The van der Waals surface area contributed by atoms with E-state index in [9.17, 15) is 14.0 Å². The largest absolute Gasteiger partial charge is 0.371 e. The third kappa shape index (κ3) is 6.10. The molecule has 0 aliphatic carbocycles. The van der Waals surface area contributed by atoms with Crippen LogP contribution in [0, 0.1) is 11.7 Å². The summed E-state index contributed by atoms with van der Waals surface area (Å²) in [4.78, 5) is 27.8. The van der Waals surface area contributed by atoms with Crippen LogP contribution in [0.1, 0.15) is 18.0 Å². The molecule has 7 heteroatoms. The number of carbonyl (C=O) groups excluding carboxylic acids is 2. The van der Waals surface area contributed by atoms with Crippen molar-refractivity contribution in [3.8, 4) is 0 Å². The normalized spacial score (nSPS) is 16.2. The predicted molar refractivity (Wildman–Crippen MR) is 128 cm³/mol. The lowest BCUT2D eigenvalue weighted by molar-refractivity contribution is -0.118. The van der Waals surface area contributed by atoms with Gasteiger partial charge in [0.2, 0.25) is 0 Å². The van der Waals surface area contributed by atoms with Gasteiger partial charge in [0, 0.05) is 31.0 Å². The van der Waals surface area contributed by atoms with Gasteiger partial charge in [-0.05, 0) is 54.3 Å². The van der Waals surface area contributed by atoms with Crippen LogP contribution in [-0.4, -0.2) is 31.6 Å². The fraction of sp³-hybridized carbons (Fsp3) is 0.231. The molecule has 0 saturated carbocycles. The number of rotatable bonds is 7. The van der Waals surface area contributed by atoms with E-state index in [4.69, 9.17) is 0 Å². The standard InChI is InChI=1S/C26H27FN4O2/c27-21-11-13-23(14-12-21)31-16-15-19(18-31)17-28-26(33)30-24(20-7-3-1-4-8-20)25(32)29-22-9-5-2-6-10-22/h1-14,19,24H,15-18H2,(H,29,32)(H2,28,30,33). The molecule has 3 aromatic rings. The van der Waals surface area contributed by atoms with Crippen molar-refractivity contribution in [2.45, 2.75) is 12.5 Å². The zero-order valence-electron chi connectivity index (χ0n) is 18.2. The number of halogens is 1. The van der Waals surface area contributed by atoms with Crippen LogP contribution in [0.4, 0.5) is 20.6 Å². The van der Waals surface area contributed by atoms with Crippen molar-refractivity contribution in [1.29, 1.82) is 0 Å². The van der Waals surface area contributed by atoms with Gasteiger partial charge in [-0.15, -0.1) is 0 Å². The smallest absolute Gasteiger partial charge is 0.315 e. The van der Waals surface area contributed by atoms with E-state index in [0.29, 0.717) is 17.8 Å². The van der Waals surface area contributed by atoms with Crippen LogP contribution in [0.25, 0.3) is 0 Å². The van der Waals surface area contributed by atoms with E-state index < -0.39 is 12.1 Å². The highest BCUT2D eigenvalue weighted by molar-refractivity contribution is 5.97. The summed E-state index contributed by atoms with van der Waals surface area (Å²) in [5.74, 6) is -0.294. The van der Waals surface area contributed by atoms with Gasteiger partial charge in [-0.1, -0.05) is 48.5 Å². The van der Waals surface area contributed by atoms with Crippen LogP contribution in [0.5, 0.6) is 0 Å². The number of hydrogen-bond acceptors (Lipinski definition) is 3. The van der Waals surface area contributed by atoms with Crippen LogP contribution in [0.2, 0.25) is 0 Å². The number of hydrogen-bond donors (Lipinski definition) is 3. The third-order valence-electron chi connectivity index (χ3n) is 5.74. The van der Waals surface area contributed by atoms with Gasteiger partial charge in [-0.2, -0.15) is 0 Å². The van der Waals surface area contributed by atoms with Crippen molar-refractivity contribution in [2.24, 2.45) is 5.92 Å². The fourth-order valence-electron chi connectivity index (χ4n) is 3.99. The summed E-state index contributed by atoms with van der Waals surface area (Å²) in [5.41, 5.74) is 2.34. The Kier molecular flexibility index (Phi) is 7.19. The van der Waals surface area contributed by atoms with E-state index in [2.05, 4.69) is 20.9 Å². The molecule has 1 fully saturated rings. The summed E-state index contributed by atoms with van der Waals surface area (Å²) in [7, 11) is 0. The van der Waals surface area contributed by atoms with E-state index in [-0.39, 0.29) is 17.6 Å². The Morgan fingerprint density at radius 1 is 0.939 bits per heavy atom. The number of amides is 3. The first kappa shape index (κ1) is 22.3. The molecule has 0 radical (unpaired) electrons. The molecule has 1 aliphatic heterocycles. The second-order valence-electron chi connectivity index (χ2n) is 8.13. The van der Waals surface area contributed by atoms with Gasteiger partial charge in [-0.25, -0.2) is 9.18 Å². The van der Waals surface area contributed by atoms with E-state index >= 15 is 0 Å². The van der Waals surface area contributed by atoms with E-state index in [1.54, 1.807) is 24.3 Å². The molecule has 1 heterocycles. The van der Waals surface area contributed by atoms with Crippen LogP contribution >= 0.6 is 0 Å². The molecule has 1 saturated heterocycles. The monoisotopic (exact) mass is 446 g/mol. The summed E-state index contributed by atoms with van der Waals surface area (Å²) in [5, 5.41) is 8.57. The van der Waals surface area contributed by atoms with Crippen molar-refractivity contribution < 1.29 is 14.0 Å². The van der Waals surface area contributed by atoms with Crippen molar-refractivity contribution in [1.82, 2.24) is 10.6 Å². The highest BCUT2D eigenvalue weighted by Crippen LogP contribution is 2.23. The van der Waals surface area contributed by atoms with Crippen LogP contribution in [0.15, 0.2) is 84.9 Å². The van der Waals surface area contributed by atoms with Crippen molar-refractivity contribution in [2.75, 3.05) is 29.9 Å². The second-order valence-corrected chi connectivity index (χ2v) is 8.13. The van der Waals surface area contributed by atoms with Crippen LogP contribution in [-0.2, 0) is 4.79 Å². The Morgan fingerprint density at radius 2 is 1.61 bits per heavy atom. The van der Waals surface area contributed by atoms with E-state index in [1.807, 2.05) is 48.5 Å². The number of anilines is 2. The SMILES string of the molecule is O=C(NCC1CCN(c2ccc(F)cc2)C1)NC(C(=O)Nc1ccccc1)c1ccccc1. The molecule has 3 aromatic carbocycles. The summed E-state index contributed by atoms with van der Waals surface area (Å²) in [6, 6.07) is 23.5. The van der Waals surface area contributed by atoms with E-state index in [1.165, 1.54) is 12.1 Å². The summed E-state index contributed by atoms with van der Waals surface area (Å²) < 4.78 is 13.2. The van der Waals surface area contributed by atoms with Gasteiger partial charge in [0.25, 0.3) is 5.91 Å². The van der Waals surface area contributed by atoms with Crippen molar-refractivity contribution >= 4 is 23.3 Å². The average molecular weight is 447 g/mol. The molecule has 0 spiro atoms. The lowest BCUT2D eigenvalue weighted by atomic mass is 10.1. The third-order valence-corrected chi connectivity index (χ3v) is 5.74. The lowest BCUT2D eigenvalue weighted by Gasteiger charge is -2.21. The summed E-state index contributed by atoms with van der Waals surface area (Å²) >= 11 is 0. The molecular weight excluding hydrogens is 419 g/mol. The van der Waals surface area contributed by atoms with Crippen molar-refractivity contribution in [3.63, 3.8) is 0 Å². The quantitative estimate of drug-likeness (QED) is 0.506. The van der Waals surface area contributed by atoms with Gasteiger partial charge in [-0.3, -0.25) is 4.79 Å². The number of nitrogens with zero attached hydrogens (tertiary/aromatic N) is 1.